The number of hydrogen-bond donors (Lipinski definition) is 1. The van der Waals surface area contributed by atoms with Crippen LogP contribution in [-0.2, 0) is 0 Å². The molecule has 3 rings (SSSR count). The van der Waals surface area contributed by atoms with Crippen molar-refractivity contribution in [2.24, 2.45) is 4.99 Å². The van der Waals surface area contributed by atoms with E-state index in [9.17, 15) is 0 Å². The number of aryl methyl sites for hydroxylation is 1. The molecule has 1 unspecified atom stereocenters. The molecule has 2 aromatic carbocycles. The zero-order chi connectivity index (χ0) is 13.3. The Morgan fingerprint density at radius 2 is 2.00 bits per heavy atom. The van der Waals surface area contributed by atoms with Gasteiger partial charge in [-0.25, -0.2) is 4.72 Å². The van der Waals surface area contributed by atoms with E-state index in [0.717, 1.165) is 16.2 Å². The van der Waals surface area contributed by atoms with Crippen molar-refractivity contribution in [3.05, 3.63) is 71.3 Å². The molecule has 0 radical (unpaired) electrons. The van der Waals surface area contributed by atoms with Crippen LogP contribution in [0.1, 0.15) is 24.2 Å². The van der Waals surface area contributed by atoms with Crippen LogP contribution in [0, 0.1) is 6.92 Å². The summed E-state index contributed by atoms with van der Waals surface area (Å²) in [7, 11) is 0. The van der Waals surface area contributed by atoms with Crippen LogP contribution in [0.5, 0.6) is 0 Å². The number of hydrogen-bond acceptors (Lipinski definition) is 3. The summed E-state index contributed by atoms with van der Waals surface area (Å²) in [6, 6.07) is 17.8. The highest BCUT2D eigenvalue weighted by Crippen LogP contribution is 2.28. The van der Waals surface area contributed by atoms with E-state index >= 15 is 0 Å². The van der Waals surface area contributed by atoms with Crippen LogP contribution in [0.2, 0.25) is 0 Å². The van der Waals surface area contributed by atoms with Gasteiger partial charge in [-0.15, -0.1) is 0 Å². The zero-order valence-corrected chi connectivity index (χ0v) is 10.9. The van der Waals surface area contributed by atoms with Crippen molar-refractivity contribution in [1.82, 2.24) is 4.72 Å². The number of nitrogens with zero attached hydrogens (tertiary/aromatic N) is 1. The Hall–Kier alpha value is -1.58. The maximum absolute atomic E-state index is 8.44. The van der Waals surface area contributed by atoms with Gasteiger partial charge in [0.1, 0.15) is 11.2 Å². The maximum atomic E-state index is 8.44. The standard InChI is InChI=1S/C15H14N2S/c1-11-6-5-9-13(10-11)15-16-14(17-18-15)12-7-3-2-4-8-12/h2-10,14,17H,1H3/i14D. The third-order valence-electron chi connectivity index (χ3n) is 2.77. The molecular formula is C15H14N2S. The molecule has 1 aliphatic rings. The molecule has 0 aliphatic carbocycles. The predicted octanol–water partition coefficient (Wildman–Crippen LogP) is 3.69. The summed E-state index contributed by atoms with van der Waals surface area (Å²) in [5, 5.41) is 0.863. The van der Waals surface area contributed by atoms with Gasteiger partial charge in [0, 0.05) is 5.56 Å². The van der Waals surface area contributed by atoms with Crippen LogP contribution in [-0.4, -0.2) is 5.04 Å². The molecule has 0 fully saturated rings. The zero-order valence-electron chi connectivity index (χ0n) is 11.1. The first-order chi connectivity index (χ1) is 9.17. The van der Waals surface area contributed by atoms with Gasteiger partial charge in [0.25, 0.3) is 0 Å². The van der Waals surface area contributed by atoms with Crippen molar-refractivity contribution in [3.63, 3.8) is 0 Å². The average molecular weight is 255 g/mol. The number of rotatable bonds is 2. The Labute approximate surface area is 113 Å². The van der Waals surface area contributed by atoms with Crippen LogP contribution in [0.3, 0.4) is 0 Å². The molecule has 1 atom stereocenters. The van der Waals surface area contributed by atoms with Crippen LogP contribution >= 0.6 is 11.9 Å². The molecule has 0 saturated heterocycles. The average Bonchev–Trinajstić information content (AvgIpc) is 2.84. The first-order valence-corrected chi connectivity index (χ1v) is 6.65. The van der Waals surface area contributed by atoms with Crippen LogP contribution in [0.25, 0.3) is 0 Å². The summed E-state index contributed by atoms with van der Waals surface area (Å²) in [5.41, 5.74) is 3.11. The van der Waals surface area contributed by atoms with E-state index in [-0.39, 0.29) is 0 Å². The Balaban J connectivity index is 1.97. The second kappa shape index (κ2) is 4.96. The van der Waals surface area contributed by atoms with Gasteiger partial charge in [-0.1, -0.05) is 54.1 Å². The lowest BCUT2D eigenvalue weighted by atomic mass is 10.1. The van der Waals surface area contributed by atoms with Crippen molar-refractivity contribution in [1.29, 1.82) is 0 Å². The largest absolute Gasteiger partial charge is 0.252 e. The minimum atomic E-state index is -1.09. The molecule has 0 saturated carbocycles. The third-order valence-corrected chi connectivity index (χ3v) is 3.59. The molecule has 1 heterocycles. The minimum absolute atomic E-state index is 0.852. The Morgan fingerprint density at radius 3 is 2.78 bits per heavy atom. The van der Waals surface area contributed by atoms with Crippen LogP contribution < -0.4 is 4.72 Å². The highest BCUT2D eigenvalue weighted by molar-refractivity contribution is 8.13. The van der Waals surface area contributed by atoms with E-state index < -0.39 is 6.14 Å². The summed E-state index contributed by atoms with van der Waals surface area (Å²) in [5.74, 6) is 0. The van der Waals surface area contributed by atoms with Crippen LogP contribution in [0.4, 0.5) is 0 Å². The first kappa shape index (κ1) is 10.4. The van der Waals surface area contributed by atoms with E-state index in [2.05, 4.69) is 28.8 Å². The molecular weight excluding hydrogens is 240 g/mol. The van der Waals surface area contributed by atoms with Crippen molar-refractivity contribution < 1.29 is 1.37 Å². The third kappa shape index (κ3) is 2.33. The minimum Gasteiger partial charge on any atom is -0.252 e. The summed E-state index contributed by atoms with van der Waals surface area (Å²) in [6.45, 7) is 2.06. The lowest BCUT2D eigenvalue weighted by Crippen LogP contribution is -2.05. The highest BCUT2D eigenvalue weighted by Gasteiger charge is 2.19. The topological polar surface area (TPSA) is 24.4 Å². The molecule has 0 bridgehead atoms. The fraction of sp³-hybridized carbons (Fsp3) is 0.133. The van der Waals surface area contributed by atoms with E-state index in [1.165, 1.54) is 17.5 Å². The van der Waals surface area contributed by atoms with Gasteiger partial charge >= 0.3 is 0 Å². The summed E-state index contributed by atoms with van der Waals surface area (Å²) < 4.78 is 11.5. The normalized spacial score (nSPS) is 23.6. The van der Waals surface area contributed by atoms with Crippen molar-refractivity contribution in [3.8, 4) is 0 Å². The lowest BCUT2D eigenvalue weighted by molar-refractivity contribution is 0.736. The van der Waals surface area contributed by atoms with Gasteiger partial charge in [-0.3, -0.25) is 4.99 Å². The van der Waals surface area contributed by atoms with Gasteiger partial charge in [0.15, 0.2) is 0 Å². The summed E-state index contributed by atoms with van der Waals surface area (Å²) in [6.07, 6.45) is -1.09. The Morgan fingerprint density at radius 1 is 1.17 bits per heavy atom. The Bertz CT molecular complexity index is 627. The van der Waals surface area contributed by atoms with E-state index in [0.29, 0.717) is 0 Å². The van der Waals surface area contributed by atoms with Crippen molar-refractivity contribution in [2.75, 3.05) is 0 Å². The fourth-order valence-electron chi connectivity index (χ4n) is 1.86. The lowest BCUT2D eigenvalue weighted by Gasteiger charge is -2.05. The quantitative estimate of drug-likeness (QED) is 0.828. The molecule has 90 valence electrons. The van der Waals surface area contributed by atoms with Gasteiger partial charge in [0.2, 0.25) is 0 Å². The summed E-state index contributed by atoms with van der Waals surface area (Å²) in [4.78, 5) is 4.54. The molecule has 0 spiro atoms. The Kier molecular flexibility index (Phi) is 2.85. The molecule has 3 heteroatoms. The predicted molar refractivity (Wildman–Crippen MR) is 77.6 cm³/mol. The molecule has 1 N–H and O–H groups in total. The first-order valence-electron chi connectivity index (χ1n) is 6.34. The van der Waals surface area contributed by atoms with E-state index in [1.807, 2.05) is 42.5 Å². The van der Waals surface area contributed by atoms with E-state index in [4.69, 9.17) is 1.37 Å². The SMILES string of the molecule is [2H]C1(c2ccccc2)N=C(c2cccc(C)c2)SN1. The maximum Gasteiger partial charge on any atom is 0.136 e. The molecule has 0 aromatic heterocycles. The molecule has 2 aromatic rings. The van der Waals surface area contributed by atoms with Gasteiger partial charge < -0.3 is 0 Å². The van der Waals surface area contributed by atoms with Gasteiger partial charge in [-0.2, -0.15) is 0 Å². The number of nitrogens with one attached hydrogen (secondary N) is 1. The number of aliphatic imine (C=N–C) groups is 1. The fourth-order valence-corrected chi connectivity index (χ4v) is 2.60. The molecule has 1 aliphatic heterocycles. The molecule has 18 heavy (non-hydrogen) atoms. The highest BCUT2D eigenvalue weighted by atomic mass is 32.2. The monoisotopic (exact) mass is 255 g/mol. The van der Waals surface area contributed by atoms with Crippen LogP contribution in [0.15, 0.2) is 59.6 Å². The van der Waals surface area contributed by atoms with Crippen molar-refractivity contribution >= 4 is 17.0 Å². The number of benzene rings is 2. The molecule has 2 nitrogen and oxygen atoms in total. The summed E-state index contributed by atoms with van der Waals surface area (Å²) >= 11 is 1.42. The van der Waals surface area contributed by atoms with Gasteiger partial charge in [-0.05, 0) is 30.5 Å². The van der Waals surface area contributed by atoms with Crippen molar-refractivity contribution in [2.45, 2.75) is 13.1 Å². The molecule has 0 amide bonds. The smallest absolute Gasteiger partial charge is 0.136 e. The second-order valence-corrected chi connectivity index (χ2v) is 5.00. The second-order valence-electron chi connectivity index (χ2n) is 4.21. The van der Waals surface area contributed by atoms with E-state index in [1.54, 1.807) is 0 Å². The van der Waals surface area contributed by atoms with Gasteiger partial charge in [0.05, 0.1) is 1.37 Å².